The van der Waals surface area contributed by atoms with Crippen LogP contribution in [0.5, 0.6) is 0 Å². The summed E-state index contributed by atoms with van der Waals surface area (Å²) in [5.41, 5.74) is 1.70. The number of fused-ring (bicyclic) bond motifs is 1. The minimum absolute atomic E-state index is 0.156. The smallest absolute Gasteiger partial charge is 0.301 e. The van der Waals surface area contributed by atoms with Crippen molar-refractivity contribution in [1.29, 1.82) is 0 Å². The molecule has 0 aliphatic carbocycles. The van der Waals surface area contributed by atoms with Crippen molar-refractivity contribution >= 4 is 45.2 Å². The lowest BCUT2D eigenvalue weighted by molar-refractivity contribution is -0.113. The lowest BCUT2D eigenvalue weighted by Crippen LogP contribution is -2.14. The molecule has 0 aliphatic heterocycles. The summed E-state index contributed by atoms with van der Waals surface area (Å²) in [4.78, 5) is 20.2. The molecule has 0 unspecified atom stereocenters. The Morgan fingerprint density at radius 1 is 1.40 bits per heavy atom. The van der Waals surface area contributed by atoms with Crippen molar-refractivity contribution in [3.8, 4) is 0 Å². The van der Waals surface area contributed by atoms with Gasteiger partial charge in [0, 0.05) is 0 Å². The number of para-hydroxylation sites is 1. The predicted molar refractivity (Wildman–Crippen MR) is 80.2 cm³/mol. The summed E-state index contributed by atoms with van der Waals surface area (Å²) >= 11 is 2.99. The first-order valence-electron chi connectivity index (χ1n) is 5.91. The zero-order chi connectivity index (χ0) is 13.9. The maximum absolute atomic E-state index is 11.8. The van der Waals surface area contributed by atoms with Gasteiger partial charge in [-0.1, -0.05) is 23.9 Å². The molecular formula is C13H11N3O2S2. The summed E-state index contributed by atoms with van der Waals surface area (Å²) in [5, 5.41) is 2.61. The highest BCUT2D eigenvalue weighted by Crippen LogP contribution is 2.29. The second-order valence-corrected chi connectivity index (χ2v) is 6.33. The number of aryl methyl sites for hydroxylation is 1. The number of thiazole rings is 1. The normalized spacial score (nSPS) is 10.8. The maximum atomic E-state index is 11.8. The van der Waals surface area contributed by atoms with Crippen molar-refractivity contribution in [3.63, 3.8) is 0 Å². The first kappa shape index (κ1) is 13.1. The first-order chi connectivity index (χ1) is 9.70. The fourth-order valence-electron chi connectivity index (χ4n) is 1.61. The van der Waals surface area contributed by atoms with E-state index in [1.165, 1.54) is 18.0 Å². The number of benzene rings is 1. The molecule has 0 fully saturated rings. The van der Waals surface area contributed by atoms with Gasteiger partial charge >= 0.3 is 6.01 Å². The fourth-order valence-corrected chi connectivity index (χ4v) is 3.48. The molecule has 0 spiro atoms. The first-order valence-corrected chi connectivity index (χ1v) is 7.71. The Morgan fingerprint density at radius 3 is 3.00 bits per heavy atom. The van der Waals surface area contributed by atoms with E-state index < -0.39 is 0 Å². The Hall–Kier alpha value is -1.86. The van der Waals surface area contributed by atoms with Gasteiger partial charge in [0.25, 0.3) is 0 Å². The Bertz CT molecular complexity index is 718. The third-order valence-corrected chi connectivity index (χ3v) is 4.65. The summed E-state index contributed by atoms with van der Waals surface area (Å²) in [6, 6.07) is 8.15. The highest BCUT2D eigenvalue weighted by molar-refractivity contribution is 8.01. The molecule has 1 amide bonds. The Morgan fingerprint density at radius 2 is 2.25 bits per heavy atom. The minimum Gasteiger partial charge on any atom is -0.432 e. The number of thioether (sulfide) groups is 1. The molecule has 0 saturated carbocycles. The summed E-state index contributed by atoms with van der Waals surface area (Å²) in [5.74, 6) is 0.123. The van der Waals surface area contributed by atoms with Gasteiger partial charge in [-0.3, -0.25) is 10.1 Å². The summed E-state index contributed by atoms with van der Waals surface area (Å²) in [6.45, 7) is 1.80. The predicted octanol–water partition coefficient (Wildman–Crippen LogP) is 3.32. The van der Waals surface area contributed by atoms with Gasteiger partial charge in [0.05, 0.1) is 21.7 Å². The van der Waals surface area contributed by atoms with E-state index in [0.29, 0.717) is 0 Å². The van der Waals surface area contributed by atoms with Crippen molar-refractivity contribution in [2.45, 2.75) is 11.3 Å². The van der Waals surface area contributed by atoms with Crippen LogP contribution >= 0.6 is 23.1 Å². The molecule has 3 aromatic rings. The van der Waals surface area contributed by atoms with E-state index in [0.717, 1.165) is 20.3 Å². The standard InChI is InChI=1S/C13H11N3O2S2/c1-8-6-18-12(14-8)16-11(17)7-19-13-15-9-4-2-3-5-10(9)20-13/h2-6H,7H2,1H3,(H,14,16,17). The quantitative estimate of drug-likeness (QED) is 0.749. The molecule has 2 heterocycles. The average Bonchev–Trinajstić information content (AvgIpc) is 3.02. The summed E-state index contributed by atoms with van der Waals surface area (Å²) in [7, 11) is 0. The van der Waals surface area contributed by atoms with Gasteiger partial charge in [-0.15, -0.1) is 11.3 Å². The van der Waals surface area contributed by atoms with Crippen molar-refractivity contribution in [3.05, 3.63) is 36.2 Å². The second kappa shape index (κ2) is 5.64. The number of carbonyl (C=O) groups excluding carboxylic acids is 1. The Labute approximate surface area is 123 Å². The monoisotopic (exact) mass is 305 g/mol. The molecule has 5 nitrogen and oxygen atoms in total. The fraction of sp³-hybridized carbons (Fsp3) is 0.154. The summed E-state index contributed by atoms with van der Waals surface area (Å²) in [6.07, 6.45) is 1.50. The van der Waals surface area contributed by atoms with Gasteiger partial charge in [0.2, 0.25) is 5.91 Å². The third-order valence-electron chi connectivity index (χ3n) is 2.47. The third kappa shape index (κ3) is 3.00. The maximum Gasteiger partial charge on any atom is 0.301 e. The van der Waals surface area contributed by atoms with Gasteiger partial charge in [0.15, 0.2) is 4.34 Å². The van der Waals surface area contributed by atoms with Gasteiger partial charge in [0.1, 0.15) is 6.26 Å². The van der Waals surface area contributed by atoms with E-state index in [1.54, 1.807) is 18.3 Å². The van der Waals surface area contributed by atoms with Crippen molar-refractivity contribution < 1.29 is 9.21 Å². The van der Waals surface area contributed by atoms with Gasteiger partial charge < -0.3 is 4.42 Å². The van der Waals surface area contributed by atoms with Crippen LogP contribution in [0.25, 0.3) is 10.2 Å². The number of aromatic nitrogens is 2. The van der Waals surface area contributed by atoms with Crippen LogP contribution in [-0.4, -0.2) is 21.6 Å². The van der Waals surface area contributed by atoms with E-state index in [9.17, 15) is 4.79 Å². The lowest BCUT2D eigenvalue weighted by atomic mass is 10.3. The number of oxazole rings is 1. The largest absolute Gasteiger partial charge is 0.432 e. The molecule has 3 rings (SSSR count). The van der Waals surface area contributed by atoms with Crippen LogP contribution in [0.4, 0.5) is 6.01 Å². The average molecular weight is 305 g/mol. The number of carbonyl (C=O) groups is 1. The molecule has 1 N–H and O–H groups in total. The molecule has 0 radical (unpaired) electrons. The summed E-state index contributed by atoms with van der Waals surface area (Å²) < 4.78 is 7.07. The van der Waals surface area contributed by atoms with Crippen molar-refractivity contribution in [2.24, 2.45) is 0 Å². The van der Waals surface area contributed by atoms with Crippen LogP contribution in [0, 0.1) is 6.92 Å². The van der Waals surface area contributed by atoms with E-state index in [4.69, 9.17) is 4.42 Å². The number of amides is 1. The molecule has 0 saturated heterocycles. The minimum atomic E-state index is -0.156. The van der Waals surface area contributed by atoms with Gasteiger partial charge in [-0.05, 0) is 19.1 Å². The number of hydrogen-bond donors (Lipinski definition) is 1. The van der Waals surface area contributed by atoms with Crippen LogP contribution in [0.3, 0.4) is 0 Å². The van der Waals surface area contributed by atoms with E-state index in [2.05, 4.69) is 15.3 Å². The molecule has 1 aromatic carbocycles. The molecule has 102 valence electrons. The van der Waals surface area contributed by atoms with Crippen LogP contribution in [-0.2, 0) is 4.79 Å². The zero-order valence-corrected chi connectivity index (χ0v) is 12.3. The zero-order valence-electron chi connectivity index (χ0n) is 10.6. The Kier molecular flexibility index (Phi) is 3.70. The number of anilines is 1. The molecule has 0 aliphatic rings. The number of nitrogens with one attached hydrogen (secondary N) is 1. The number of nitrogens with zero attached hydrogens (tertiary/aromatic N) is 2. The van der Waals surface area contributed by atoms with E-state index in [-0.39, 0.29) is 17.7 Å². The second-order valence-electron chi connectivity index (χ2n) is 4.08. The SMILES string of the molecule is Cc1coc(NC(=O)CSc2nc3ccccc3s2)n1. The highest BCUT2D eigenvalue weighted by atomic mass is 32.2. The number of rotatable bonds is 4. The molecule has 7 heteroatoms. The Balaban J connectivity index is 1.59. The molecule has 0 bridgehead atoms. The van der Waals surface area contributed by atoms with Crippen LogP contribution in [0.2, 0.25) is 0 Å². The molecule has 2 aromatic heterocycles. The lowest BCUT2D eigenvalue weighted by Gasteiger charge is -1.98. The molecule has 0 atom stereocenters. The van der Waals surface area contributed by atoms with Crippen molar-refractivity contribution in [1.82, 2.24) is 9.97 Å². The van der Waals surface area contributed by atoms with E-state index in [1.807, 2.05) is 24.3 Å². The molecular weight excluding hydrogens is 294 g/mol. The van der Waals surface area contributed by atoms with Crippen LogP contribution in [0.15, 0.2) is 39.3 Å². The number of hydrogen-bond acceptors (Lipinski definition) is 6. The van der Waals surface area contributed by atoms with Crippen LogP contribution < -0.4 is 5.32 Å². The highest BCUT2D eigenvalue weighted by Gasteiger charge is 2.10. The van der Waals surface area contributed by atoms with Gasteiger partial charge in [-0.2, -0.15) is 4.98 Å². The molecule has 20 heavy (non-hydrogen) atoms. The van der Waals surface area contributed by atoms with Crippen molar-refractivity contribution in [2.75, 3.05) is 11.1 Å². The topological polar surface area (TPSA) is 68.0 Å². The van der Waals surface area contributed by atoms with Crippen LogP contribution in [0.1, 0.15) is 5.69 Å². The van der Waals surface area contributed by atoms with Gasteiger partial charge in [-0.25, -0.2) is 4.98 Å². The van der Waals surface area contributed by atoms with E-state index >= 15 is 0 Å².